The number of halogens is 1. The van der Waals surface area contributed by atoms with Gasteiger partial charge >= 0.3 is 0 Å². The number of primary amides is 1. The second-order valence-electron chi connectivity index (χ2n) is 6.58. The maximum Gasteiger partial charge on any atom is 0.217 e. The zero-order chi connectivity index (χ0) is 18.9. The Kier molecular flexibility index (Phi) is 10.3. The lowest BCUT2D eigenvalue weighted by atomic mass is 9.95. The number of benzene rings is 1. The van der Waals surface area contributed by atoms with Crippen LogP contribution in [0.15, 0.2) is 23.2 Å². The van der Waals surface area contributed by atoms with Crippen molar-refractivity contribution in [3.8, 4) is 11.5 Å². The molecule has 0 radical (unpaired) electrons. The third-order valence-electron chi connectivity index (χ3n) is 4.59. The van der Waals surface area contributed by atoms with Gasteiger partial charge in [0.25, 0.3) is 0 Å². The normalized spacial score (nSPS) is 17.2. The molecule has 1 fully saturated rings. The number of aromatic hydroxyl groups is 1. The fourth-order valence-electron chi connectivity index (χ4n) is 3.35. The van der Waals surface area contributed by atoms with Crippen molar-refractivity contribution in [3.63, 3.8) is 0 Å². The largest absolute Gasteiger partial charge is 0.504 e. The van der Waals surface area contributed by atoms with Crippen LogP contribution in [0, 0.1) is 5.92 Å². The number of hydrogen-bond donors (Lipinski definition) is 3. The maximum atomic E-state index is 11.2. The summed E-state index contributed by atoms with van der Waals surface area (Å²) in [6, 6.07) is 5.48. The number of para-hydroxylation sites is 1. The molecule has 1 amide bonds. The number of carbonyl (C=O) groups is 1. The fourth-order valence-corrected chi connectivity index (χ4v) is 3.35. The number of aliphatic imine (C=N–C) groups is 1. The van der Waals surface area contributed by atoms with Crippen LogP contribution in [0.4, 0.5) is 0 Å². The molecule has 27 heavy (non-hydrogen) atoms. The van der Waals surface area contributed by atoms with E-state index in [0.29, 0.717) is 25.1 Å². The quantitative estimate of drug-likeness (QED) is 0.309. The summed E-state index contributed by atoms with van der Waals surface area (Å²) in [5, 5.41) is 13.5. The van der Waals surface area contributed by atoms with E-state index in [0.717, 1.165) is 44.0 Å². The summed E-state index contributed by atoms with van der Waals surface area (Å²) in [7, 11) is 1.54. The van der Waals surface area contributed by atoms with Gasteiger partial charge in [0.2, 0.25) is 5.91 Å². The second-order valence-corrected chi connectivity index (χ2v) is 6.58. The van der Waals surface area contributed by atoms with Crippen molar-refractivity contribution in [2.45, 2.75) is 32.6 Å². The van der Waals surface area contributed by atoms with E-state index in [4.69, 9.17) is 15.5 Å². The first-order valence-corrected chi connectivity index (χ1v) is 9.21. The molecule has 1 unspecified atom stereocenters. The molecule has 1 aromatic carbocycles. The molecule has 1 aliphatic heterocycles. The monoisotopic (exact) mass is 490 g/mol. The molecule has 4 N–H and O–H groups in total. The van der Waals surface area contributed by atoms with Crippen LogP contribution in [0.5, 0.6) is 11.5 Å². The molecule has 7 nitrogen and oxygen atoms in total. The minimum absolute atomic E-state index is 0. The number of amides is 1. The molecule has 1 saturated heterocycles. The number of carbonyl (C=O) groups excluding carboxylic acids is 1. The smallest absolute Gasteiger partial charge is 0.217 e. The number of guanidine groups is 1. The predicted molar refractivity (Wildman–Crippen MR) is 118 cm³/mol. The van der Waals surface area contributed by atoms with Crippen LogP contribution in [0.25, 0.3) is 0 Å². The Hall–Kier alpha value is -1.71. The molecule has 1 aromatic rings. The lowest BCUT2D eigenvalue weighted by Crippen LogP contribution is -2.47. The van der Waals surface area contributed by atoms with Crippen LogP contribution < -0.4 is 15.8 Å². The molecule has 0 saturated carbocycles. The summed E-state index contributed by atoms with van der Waals surface area (Å²) in [5.74, 6) is 1.54. The number of ether oxygens (including phenoxy) is 1. The highest BCUT2D eigenvalue weighted by Crippen LogP contribution is 2.29. The van der Waals surface area contributed by atoms with Crippen LogP contribution in [-0.2, 0) is 11.2 Å². The number of hydrogen-bond acceptors (Lipinski definition) is 4. The molecule has 1 heterocycles. The third-order valence-corrected chi connectivity index (χ3v) is 4.59. The van der Waals surface area contributed by atoms with Gasteiger partial charge in [-0.1, -0.05) is 12.1 Å². The molecule has 2 rings (SSSR count). The number of phenols is 1. The topological polar surface area (TPSA) is 100 Å². The van der Waals surface area contributed by atoms with Crippen LogP contribution in [0.2, 0.25) is 0 Å². The maximum absolute atomic E-state index is 11.2. The Morgan fingerprint density at radius 2 is 2.26 bits per heavy atom. The Bertz CT molecular complexity index is 639. The molecular weight excluding hydrogens is 459 g/mol. The lowest BCUT2D eigenvalue weighted by Gasteiger charge is -2.34. The summed E-state index contributed by atoms with van der Waals surface area (Å²) in [4.78, 5) is 18.1. The molecule has 0 spiro atoms. The average molecular weight is 490 g/mol. The Morgan fingerprint density at radius 1 is 1.48 bits per heavy atom. The zero-order valence-corrected chi connectivity index (χ0v) is 18.4. The molecule has 152 valence electrons. The van der Waals surface area contributed by atoms with Gasteiger partial charge in [0.1, 0.15) is 0 Å². The first-order chi connectivity index (χ1) is 12.5. The number of rotatable bonds is 7. The SMILES string of the molecule is CCNC(=NCCc1cccc(OC)c1O)N1CCCC(CC(N)=O)C1.I. The summed E-state index contributed by atoms with van der Waals surface area (Å²) >= 11 is 0. The average Bonchev–Trinajstić information content (AvgIpc) is 2.62. The van der Waals surface area contributed by atoms with E-state index in [9.17, 15) is 9.90 Å². The van der Waals surface area contributed by atoms with Crippen molar-refractivity contribution < 1.29 is 14.6 Å². The summed E-state index contributed by atoms with van der Waals surface area (Å²) < 4.78 is 5.15. The molecule has 0 aliphatic carbocycles. The number of nitrogens with two attached hydrogens (primary N) is 1. The van der Waals surface area contributed by atoms with Crippen molar-refractivity contribution >= 4 is 35.8 Å². The Balaban J connectivity index is 0.00000364. The highest BCUT2D eigenvalue weighted by atomic mass is 127. The number of piperidine rings is 1. The van der Waals surface area contributed by atoms with E-state index in [-0.39, 0.29) is 41.6 Å². The summed E-state index contributed by atoms with van der Waals surface area (Å²) in [5.41, 5.74) is 6.16. The van der Waals surface area contributed by atoms with Crippen LogP contribution in [0.1, 0.15) is 31.7 Å². The van der Waals surface area contributed by atoms with Crippen molar-refractivity contribution in [3.05, 3.63) is 23.8 Å². The van der Waals surface area contributed by atoms with E-state index in [1.54, 1.807) is 13.2 Å². The van der Waals surface area contributed by atoms with Gasteiger partial charge in [0, 0.05) is 32.6 Å². The van der Waals surface area contributed by atoms with E-state index in [1.165, 1.54) is 0 Å². The number of nitrogens with zero attached hydrogens (tertiary/aromatic N) is 2. The van der Waals surface area contributed by atoms with Gasteiger partial charge in [-0.05, 0) is 43.7 Å². The van der Waals surface area contributed by atoms with Crippen molar-refractivity contribution in [1.82, 2.24) is 10.2 Å². The number of methoxy groups -OCH3 is 1. The van der Waals surface area contributed by atoms with Gasteiger partial charge in [0.15, 0.2) is 17.5 Å². The van der Waals surface area contributed by atoms with Gasteiger partial charge in [-0.2, -0.15) is 0 Å². The van der Waals surface area contributed by atoms with E-state index in [1.807, 2.05) is 19.1 Å². The molecule has 8 heteroatoms. The third kappa shape index (κ3) is 7.08. The second kappa shape index (κ2) is 11.9. The number of phenolic OH excluding ortho intramolecular Hbond substituents is 1. The van der Waals surface area contributed by atoms with Gasteiger partial charge in [0.05, 0.1) is 7.11 Å². The van der Waals surface area contributed by atoms with E-state index < -0.39 is 0 Å². The van der Waals surface area contributed by atoms with Crippen LogP contribution in [0.3, 0.4) is 0 Å². The van der Waals surface area contributed by atoms with Gasteiger partial charge in [-0.3, -0.25) is 9.79 Å². The predicted octanol–water partition coefficient (Wildman–Crippen LogP) is 2.11. The first-order valence-electron chi connectivity index (χ1n) is 9.21. The first kappa shape index (κ1) is 23.3. The van der Waals surface area contributed by atoms with Crippen molar-refractivity contribution in [2.75, 3.05) is 33.3 Å². The van der Waals surface area contributed by atoms with Crippen molar-refractivity contribution in [1.29, 1.82) is 0 Å². The summed E-state index contributed by atoms with van der Waals surface area (Å²) in [6.45, 7) is 5.08. The number of likely N-dealkylation sites (tertiary alicyclic amines) is 1. The highest BCUT2D eigenvalue weighted by Gasteiger charge is 2.23. The van der Waals surface area contributed by atoms with Gasteiger partial charge in [-0.25, -0.2) is 0 Å². The van der Waals surface area contributed by atoms with Crippen LogP contribution in [-0.4, -0.2) is 55.2 Å². The lowest BCUT2D eigenvalue weighted by molar-refractivity contribution is -0.119. The van der Waals surface area contributed by atoms with Crippen molar-refractivity contribution in [2.24, 2.45) is 16.6 Å². The summed E-state index contributed by atoms with van der Waals surface area (Å²) in [6.07, 6.45) is 3.10. The zero-order valence-electron chi connectivity index (χ0n) is 16.1. The molecule has 1 atom stereocenters. The van der Waals surface area contributed by atoms with E-state index in [2.05, 4.69) is 10.2 Å². The Labute approximate surface area is 178 Å². The molecule has 0 aromatic heterocycles. The molecule has 1 aliphatic rings. The van der Waals surface area contributed by atoms with Gasteiger partial charge in [-0.15, -0.1) is 24.0 Å². The van der Waals surface area contributed by atoms with Crippen LogP contribution >= 0.6 is 24.0 Å². The van der Waals surface area contributed by atoms with E-state index >= 15 is 0 Å². The highest BCUT2D eigenvalue weighted by molar-refractivity contribution is 14.0. The molecular formula is C19H31IN4O3. The fraction of sp³-hybridized carbons (Fsp3) is 0.579. The number of nitrogens with one attached hydrogen (secondary N) is 1. The molecule has 0 bridgehead atoms. The van der Waals surface area contributed by atoms with Gasteiger partial charge < -0.3 is 25.8 Å². The standard InChI is InChI=1S/C19H30N4O3.HI/c1-3-21-19(23-11-5-6-14(13-23)12-17(20)24)22-10-9-15-7-4-8-16(26-2)18(15)25;/h4,7-8,14,25H,3,5-6,9-13H2,1-2H3,(H2,20,24)(H,21,22);1H. The minimum atomic E-state index is -0.243. The Morgan fingerprint density at radius 3 is 2.93 bits per heavy atom. The minimum Gasteiger partial charge on any atom is -0.504 e.